The van der Waals surface area contributed by atoms with Crippen molar-refractivity contribution in [2.45, 2.75) is 111 Å². The molecule has 0 spiro atoms. The number of aliphatic carboxylic acids is 1. The fourth-order valence-corrected chi connectivity index (χ4v) is 6.84. The lowest BCUT2D eigenvalue weighted by Gasteiger charge is -2.34. The molecule has 0 radical (unpaired) electrons. The number of rotatable bonds is 15. The number of aromatic nitrogens is 2. The van der Waals surface area contributed by atoms with E-state index < -0.39 is 59.9 Å². The van der Waals surface area contributed by atoms with Gasteiger partial charge in [0.1, 0.15) is 24.2 Å². The van der Waals surface area contributed by atoms with E-state index in [4.69, 9.17) is 14.5 Å². The number of fused-ring (bicyclic) bond motifs is 1. The molecule has 4 rings (SSSR count). The number of hydrogen-bond donors (Lipinski definition) is 4. The number of hydrogen-bond acceptors (Lipinski definition) is 9. The van der Waals surface area contributed by atoms with Gasteiger partial charge in [0.05, 0.1) is 23.2 Å². The van der Waals surface area contributed by atoms with Gasteiger partial charge in [-0.15, -0.1) is 0 Å². The molecule has 2 amide bonds. The molecule has 3 heterocycles. The highest BCUT2D eigenvalue weighted by atomic mass is 19.4. The largest absolute Gasteiger partial charge is 0.480 e. The van der Waals surface area contributed by atoms with Gasteiger partial charge in [-0.1, -0.05) is 38.6 Å². The first kappa shape index (κ1) is 45.6. The van der Waals surface area contributed by atoms with E-state index in [1.54, 1.807) is 71.0 Å². The lowest BCUT2D eigenvalue weighted by Crippen LogP contribution is -2.60. The number of aliphatic imine (C=N–C) groups is 1. The number of aliphatic hydroxyl groups is 1. The fraction of sp³-hybridized carbons (Fsp3) is 0.500. The lowest BCUT2D eigenvalue weighted by atomic mass is 9.84. The van der Waals surface area contributed by atoms with E-state index in [9.17, 15) is 37.8 Å². The van der Waals surface area contributed by atoms with Crippen LogP contribution in [0.1, 0.15) is 78.3 Å². The summed E-state index contributed by atoms with van der Waals surface area (Å²) in [4.78, 5) is 47.9. The first-order valence-electron chi connectivity index (χ1n) is 19.1. The van der Waals surface area contributed by atoms with E-state index >= 15 is 0 Å². The van der Waals surface area contributed by atoms with Crippen molar-refractivity contribution >= 4 is 40.7 Å². The maximum atomic E-state index is 14.4. The molecular formula is C42H55F3N6O7. The van der Waals surface area contributed by atoms with Crippen molar-refractivity contribution in [1.82, 2.24) is 25.3 Å². The van der Waals surface area contributed by atoms with Crippen LogP contribution in [0.15, 0.2) is 59.7 Å². The third-order valence-electron chi connectivity index (χ3n) is 9.59. The zero-order chi connectivity index (χ0) is 43.2. The Kier molecular flexibility index (Phi) is 14.7. The van der Waals surface area contributed by atoms with Gasteiger partial charge in [-0.25, -0.2) is 10.2 Å². The zero-order valence-corrected chi connectivity index (χ0v) is 34.4. The molecule has 58 heavy (non-hydrogen) atoms. The van der Waals surface area contributed by atoms with Crippen LogP contribution in [-0.2, 0) is 38.4 Å². The summed E-state index contributed by atoms with van der Waals surface area (Å²) in [6.07, 6.45) is -2.21. The SMILES string of the molecule is C=C/C(=C(\N=CC)[C@H](C)OC)c1c(CC(C)(C)CO)c2cc(-c3cccc(C[C@H](NC(=O)OC(C)(C)C)C(=O)N4CCCC(C(=O)O)N4)n3)ccc2n1CC(F)(F)F. The highest BCUT2D eigenvalue weighted by Crippen LogP contribution is 2.41. The monoisotopic (exact) mass is 812 g/mol. The number of alkyl halides is 3. The highest BCUT2D eigenvalue weighted by Gasteiger charge is 2.36. The fourth-order valence-electron chi connectivity index (χ4n) is 6.84. The van der Waals surface area contributed by atoms with Gasteiger partial charge in [0.2, 0.25) is 0 Å². The summed E-state index contributed by atoms with van der Waals surface area (Å²) >= 11 is 0. The topological polar surface area (TPSA) is 168 Å². The molecule has 0 bridgehead atoms. The number of aliphatic hydroxyl groups excluding tert-OH is 1. The second-order valence-corrected chi connectivity index (χ2v) is 16.1. The molecule has 1 aromatic carbocycles. The van der Waals surface area contributed by atoms with E-state index in [2.05, 4.69) is 22.3 Å². The number of halogens is 3. The number of methoxy groups -OCH3 is 1. The molecule has 3 atom stereocenters. The van der Waals surface area contributed by atoms with Gasteiger partial charge in [-0.05, 0) is 89.1 Å². The number of amides is 2. The van der Waals surface area contributed by atoms with Crippen molar-refractivity contribution in [3.05, 3.63) is 71.7 Å². The van der Waals surface area contributed by atoms with E-state index in [0.29, 0.717) is 57.5 Å². The van der Waals surface area contributed by atoms with Gasteiger partial charge in [-0.2, -0.15) is 13.2 Å². The molecule has 1 saturated heterocycles. The van der Waals surface area contributed by atoms with Crippen LogP contribution >= 0.6 is 0 Å². The molecule has 316 valence electrons. The van der Waals surface area contributed by atoms with Crippen LogP contribution in [0.2, 0.25) is 0 Å². The normalized spacial score (nSPS) is 16.9. The van der Waals surface area contributed by atoms with Crippen LogP contribution in [0.25, 0.3) is 27.7 Å². The van der Waals surface area contributed by atoms with Crippen molar-refractivity contribution in [2.75, 3.05) is 20.3 Å². The summed E-state index contributed by atoms with van der Waals surface area (Å²) in [6.45, 7) is 14.8. The molecule has 13 nitrogen and oxygen atoms in total. The molecule has 0 aliphatic carbocycles. The highest BCUT2D eigenvalue weighted by molar-refractivity contribution is 5.95. The van der Waals surface area contributed by atoms with Crippen LogP contribution in [0.4, 0.5) is 18.0 Å². The first-order chi connectivity index (χ1) is 27.1. The maximum absolute atomic E-state index is 14.4. The van der Waals surface area contributed by atoms with Crippen LogP contribution < -0.4 is 10.7 Å². The molecule has 1 aliphatic heterocycles. The predicted octanol–water partition coefficient (Wildman–Crippen LogP) is 6.87. The number of alkyl carbamates (subject to hydrolysis) is 1. The van der Waals surface area contributed by atoms with E-state index in [1.807, 2.05) is 13.8 Å². The van der Waals surface area contributed by atoms with Gasteiger partial charge in [-0.3, -0.25) is 24.6 Å². The smallest absolute Gasteiger partial charge is 0.408 e. The van der Waals surface area contributed by atoms with Gasteiger partial charge in [0.15, 0.2) is 0 Å². The van der Waals surface area contributed by atoms with Gasteiger partial charge in [0.25, 0.3) is 5.91 Å². The molecule has 16 heteroatoms. The van der Waals surface area contributed by atoms with Gasteiger partial charge in [0, 0.05) is 60.6 Å². The number of carbonyl (C=O) groups excluding carboxylic acids is 2. The molecule has 1 aliphatic rings. The number of carbonyl (C=O) groups is 3. The minimum atomic E-state index is -4.61. The number of benzene rings is 1. The maximum Gasteiger partial charge on any atom is 0.408 e. The minimum Gasteiger partial charge on any atom is -0.480 e. The Morgan fingerprint density at radius 2 is 1.86 bits per heavy atom. The molecule has 1 unspecified atom stereocenters. The van der Waals surface area contributed by atoms with Gasteiger partial charge < -0.3 is 29.6 Å². The minimum absolute atomic E-state index is 0.0992. The molecule has 0 saturated carbocycles. The number of carboxylic acid groups (broad SMARTS) is 1. The zero-order valence-electron chi connectivity index (χ0n) is 34.4. The number of ether oxygens (including phenoxy) is 2. The van der Waals surface area contributed by atoms with Crippen molar-refractivity contribution in [1.29, 1.82) is 0 Å². The lowest BCUT2D eigenvalue weighted by molar-refractivity contribution is -0.148. The Labute approximate surface area is 337 Å². The van der Waals surface area contributed by atoms with Crippen molar-refractivity contribution in [3.63, 3.8) is 0 Å². The van der Waals surface area contributed by atoms with E-state index in [-0.39, 0.29) is 31.7 Å². The Morgan fingerprint density at radius 3 is 2.45 bits per heavy atom. The number of allylic oxidation sites excluding steroid dienone is 2. The Bertz CT molecular complexity index is 2050. The third-order valence-corrected chi connectivity index (χ3v) is 9.59. The van der Waals surface area contributed by atoms with Crippen molar-refractivity contribution in [2.24, 2.45) is 10.4 Å². The number of carboxylic acids is 1. The Hall–Kier alpha value is -5.06. The van der Waals surface area contributed by atoms with E-state index in [0.717, 1.165) is 0 Å². The average Bonchev–Trinajstić information content (AvgIpc) is 3.42. The standard InChI is InChI=1S/C42H55F3N6O7/c1-10-28(35(46-11-2)25(3)57-9)36-30(22-41(7,8)24-52)29-20-26(17-18-34(29)50(36)23-42(43,44)45)31-15-12-14-27(47-31)21-33(48-39(56)58-40(4,5)6)37(53)51-19-13-16-32(49-51)38(54)55/h10-12,14-15,17-18,20,25,32-33,49,52H,1,13,16,19,21-24H2,2-9H3,(H,48,56)(H,54,55)/b35-28+,46-11?/t25-,32?,33-/m0/s1. The second kappa shape index (κ2) is 18.7. The molecule has 1 fully saturated rings. The molecule has 3 aromatic rings. The quantitative estimate of drug-likeness (QED) is 0.0947. The Morgan fingerprint density at radius 1 is 1.16 bits per heavy atom. The summed E-state index contributed by atoms with van der Waals surface area (Å²) in [5.41, 5.74) is 4.32. The number of nitrogens with one attached hydrogen (secondary N) is 2. The molecule has 2 aromatic heterocycles. The van der Waals surface area contributed by atoms with Crippen LogP contribution in [0, 0.1) is 5.41 Å². The van der Waals surface area contributed by atoms with Crippen LogP contribution in [-0.4, -0.2) is 99.2 Å². The molecule has 4 N–H and O–H groups in total. The van der Waals surface area contributed by atoms with Crippen LogP contribution in [0.3, 0.4) is 0 Å². The van der Waals surface area contributed by atoms with Crippen molar-refractivity contribution in [3.8, 4) is 11.3 Å². The summed E-state index contributed by atoms with van der Waals surface area (Å²) < 4.78 is 55.5. The summed E-state index contributed by atoms with van der Waals surface area (Å²) in [5, 5.41) is 24.3. The summed E-state index contributed by atoms with van der Waals surface area (Å²) in [5.74, 6) is -1.69. The number of hydrazine groups is 1. The average molecular weight is 813 g/mol. The summed E-state index contributed by atoms with van der Waals surface area (Å²) in [6, 6.07) is 7.95. The van der Waals surface area contributed by atoms with Gasteiger partial charge >= 0.3 is 18.2 Å². The number of nitrogens with zero attached hydrogens (tertiary/aromatic N) is 4. The molecular weight excluding hydrogens is 757 g/mol. The summed E-state index contributed by atoms with van der Waals surface area (Å²) in [7, 11) is 1.48. The number of pyridine rings is 1. The van der Waals surface area contributed by atoms with E-state index in [1.165, 1.54) is 29.0 Å². The predicted molar refractivity (Wildman–Crippen MR) is 216 cm³/mol. The van der Waals surface area contributed by atoms with Crippen LogP contribution in [0.5, 0.6) is 0 Å². The first-order valence-corrected chi connectivity index (χ1v) is 19.1. The third kappa shape index (κ3) is 11.5. The van der Waals surface area contributed by atoms with Crippen molar-refractivity contribution < 1.29 is 47.2 Å². The Balaban J connectivity index is 1.90. The second-order valence-electron chi connectivity index (χ2n) is 16.1.